The van der Waals surface area contributed by atoms with E-state index in [1.54, 1.807) is 6.20 Å². The molecule has 1 saturated carbocycles. The molecule has 0 amide bonds. The molecule has 0 unspecified atom stereocenters. The maximum atomic E-state index is 4.67. The molecule has 1 aliphatic carbocycles. The van der Waals surface area contributed by atoms with Crippen molar-refractivity contribution in [3.8, 4) is 0 Å². The highest BCUT2D eigenvalue weighted by Gasteiger charge is 2.14. The van der Waals surface area contributed by atoms with Gasteiger partial charge in [-0.05, 0) is 31.9 Å². The van der Waals surface area contributed by atoms with Crippen LogP contribution in [0.4, 0.5) is 17.5 Å². The van der Waals surface area contributed by atoms with Gasteiger partial charge >= 0.3 is 0 Å². The molecule has 0 saturated heterocycles. The number of anilines is 3. The fraction of sp³-hybridized carbons (Fsp3) is 0.350. The van der Waals surface area contributed by atoms with Gasteiger partial charge in [0.25, 0.3) is 0 Å². The first-order chi connectivity index (χ1) is 12.3. The number of fused-ring (bicyclic) bond motifs is 1. The number of nitrogens with zero attached hydrogens (tertiary/aromatic N) is 3. The third kappa shape index (κ3) is 3.71. The predicted octanol–water partition coefficient (Wildman–Crippen LogP) is 4.82. The minimum Gasteiger partial charge on any atom is -0.367 e. The smallest absolute Gasteiger partial charge is 0.229 e. The lowest BCUT2D eigenvalue weighted by atomic mass is 9.95. The van der Waals surface area contributed by atoms with Gasteiger partial charge in [-0.1, -0.05) is 37.5 Å². The number of nitrogens with one attached hydrogen (secondary N) is 2. The highest BCUT2D eigenvalue weighted by atomic mass is 15.2. The van der Waals surface area contributed by atoms with Gasteiger partial charge in [0.05, 0.1) is 11.2 Å². The second kappa shape index (κ2) is 7.05. The number of pyridine rings is 1. The van der Waals surface area contributed by atoms with Gasteiger partial charge in [-0.25, -0.2) is 4.98 Å². The van der Waals surface area contributed by atoms with Gasteiger partial charge in [-0.15, -0.1) is 0 Å². The topological polar surface area (TPSA) is 62.7 Å². The lowest BCUT2D eigenvalue weighted by Gasteiger charge is -2.23. The van der Waals surface area contributed by atoms with Crippen LogP contribution in [0.25, 0.3) is 10.9 Å². The summed E-state index contributed by atoms with van der Waals surface area (Å²) < 4.78 is 0. The molecule has 0 spiro atoms. The number of hydrogen-bond acceptors (Lipinski definition) is 5. The number of rotatable bonds is 4. The molecule has 1 fully saturated rings. The maximum Gasteiger partial charge on any atom is 0.229 e. The Hall–Kier alpha value is -2.69. The minimum absolute atomic E-state index is 0.523. The molecular formula is C20H23N5. The molecule has 0 atom stereocenters. The fourth-order valence-electron chi connectivity index (χ4n) is 3.48. The van der Waals surface area contributed by atoms with E-state index in [-0.39, 0.29) is 0 Å². The molecule has 0 bridgehead atoms. The molecule has 1 aromatic carbocycles. The van der Waals surface area contributed by atoms with E-state index in [1.165, 1.54) is 32.1 Å². The van der Waals surface area contributed by atoms with Crippen molar-refractivity contribution < 1.29 is 0 Å². The summed E-state index contributed by atoms with van der Waals surface area (Å²) in [5, 5.41) is 8.02. The number of para-hydroxylation sites is 1. The summed E-state index contributed by atoms with van der Waals surface area (Å²) in [5.41, 5.74) is 2.80. The van der Waals surface area contributed by atoms with Crippen molar-refractivity contribution in [2.75, 3.05) is 10.6 Å². The van der Waals surface area contributed by atoms with Crippen molar-refractivity contribution in [3.05, 3.63) is 48.3 Å². The molecule has 5 nitrogen and oxygen atoms in total. The monoisotopic (exact) mass is 333 g/mol. The standard InChI is InChI=1S/C20H23N5/c1-14-13-18(23-16-9-3-2-4-10-16)25-20(22-14)24-17-11-5-7-15-8-6-12-21-19(15)17/h5-8,11-13,16H,2-4,9-10H2,1H3,(H2,22,23,24,25). The summed E-state index contributed by atoms with van der Waals surface area (Å²) in [5.74, 6) is 1.51. The number of hydrogen-bond donors (Lipinski definition) is 2. The SMILES string of the molecule is Cc1cc(NC2CCCCC2)nc(Nc2cccc3cccnc23)n1. The molecule has 4 rings (SSSR count). The first-order valence-electron chi connectivity index (χ1n) is 9.01. The van der Waals surface area contributed by atoms with Crippen LogP contribution in [0.1, 0.15) is 37.8 Å². The normalized spacial score (nSPS) is 15.2. The first kappa shape index (κ1) is 15.8. The van der Waals surface area contributed by atoms with Gasteiger partial charge in [0.2, 0.25) is 5.95 Å². The van der Waals surface area contributed by atoms with Crippen LogP contribution in [0, 0.1) is 6.92 Å². The maximum absolute atomic E-state index is 4.67. The summed E-state index contributed by atoms with van der Waals surface area (Å²) >= 11 is 0. The Morgan fingerprint density at radius 3 is 2.72 bits per heavy atom. The Morgan fingerprint density at radius 2 is 1.84 bits per heavy atom. The van der Waals surface area contributed by atoms with Crippen LogP contribution in [0.5, 0.6) is 0 Å². The second-order valence-electron chi connectivity index (χ2n) is 6.70. The highest BCUT2D eigenvalue weighted by molar-refractivity contribution is 5.91. The summed E-state index contributed by atoms with van der Waals surface area (Å²) in [6.07, 6.45) is 8.20. The van der Waals surface area contributed by atoms with Crippen LogP contribution in [0.3, 0.4) is 0 Å². The van der Waals surface area contributed by atoms with E-state index in [0.717, 1.165) is 28.1 Å². The molecule has 1 aliphatic rings. The molecule has 5 heteroatoms. The van der Waals surface area contributed by atoms with Crippen LogP contribution < -0.4 is 10.6 Å². The molecule has 25 heavy (non-hydrogen) atoms. The van der Waals surface area contributed by atoms with Crippen molar-refractivity contribution in [1.82, 2.24) is 15.0 Å². The second-order valence-corrected chi connectivity index (χ2v) is 6.70. The van der Waals surface area contributed by atoms with E-state index in [0.29, 0.717) is 12.0 Å². The summed E-state index contributed by atoms with van der Waals surface area (Å²) in [6, 6.07) is 12.6. The number of aromatic nitrogens is 3. The summed E-state index contributed by atoms with van der Waals surface area (Å²) in [4.78, 5) is 13.7. The van der Waals surface area contributed by atoms with Gasteiger partial charge in [-0.2, -0.15) is 4.98 Å². The van der Waals surface area contributed by atoms with E-state index >= 15 is 0 Å². The van der Waals surface area contributed by atoms with E-state index in [1.807, 2.05) is 31.2 Å². The zero-order chi connectivity index (χ0) is 17.1. The molecule has 3 aromatic rings. The quantitative estimate of drug-likeness (QED) is 0.716. The van der Waals surface area contributed by atoms with E-state index in [2.05, 4.69) is 37.7 Å². The lowest BCUT2D eigenvalue weighted by molar-refractivity contribution is 0.462. The zero-order valence-corrected chi connectivity index (χ0v) is 14.5. The third-order valence-electron chi connectivity index (χ3n) is 4.69. The molecule has 2 aromatic heterocycles. The van der Waals surface area contributed by atoms with Gasteiger partial charge in [-0.3, -0.25) is 4.98 Å². The van der Waals surface area contributed by atoms with Crippen molar-refractivity contribution in [1.29, 1.82) is 0 Å². The molecular weight excluding hydrogens is 310 g/mol. The average molecular weight is 333 g/mol. The van der Waals surface area contributed by atoms with Crippen molar-refractivity contribution in [2.24, 2.45) is 0 Å². The van der Waals surface area contributed by atoms with Crippen LogP contribution in [-0.4, -0.2) is 21.0 Å². The molecule has 0 aliphatic heterocycles. The van der Waals surface area contributed by atoms with Gasteiger partial charge in [0.15, 0.2) is 0 Å². The summed E-state index contributed by atoms with van der Waals surface area (Å²) in [6.45, 7) is 2.00. The average Bonchev–Trinajstić information content (AvgIpc) is 2.62. The molecule has 128 valence electrons. The third-order valence-corrected chi connectivity index (χ3v) is 4.69. The van der Waals surface area contributed by atoms with Gasteiger partial charge in [0.1, 0.15) is 5.82 Å². The first-order valence-corrected chi connectivity index (χ1v) is 9.01. The molecule has 0 radical (unpaired) electrons. The van der Waals surface area contributed by atoms with Crippen molar-refractivity contribution >= 4 is 28.4 Å². The Labute approximate surface area is 147 Å². The predicted molar refractivity (Wildman–Crippen MR) is 102 cm³/mol. The van der Waals surface area contributed by atoms with E-state index in [4.69, 9.17) is 0 Å². The Kier molecular flexibility index (Phi) is 4.46. The Balaban J connectivity index is 1.59. The molecule has 2 N–H and O–H groups in total. The van der Waals surface area contributed by atoms with Crippen LogP contribution in [0.2, 0.25) is 0 Å². The van der Waals surface area contributed by atoms with Crippen molar-refractivity contribution in [2.45, 2.75) is 45.1 Å². The minimum atomic E-state index is 0.523. The number of aryl methyl sites for hydroxylation is 1. The summed E-state index contributed by atoms with van der Waals surface area (Å²) in [7, 11) is 0. The van der Waals surface area contributed by atoms with Crippen LogP contribution in [0.15, 0.2) is 42.6 Å². The van der Waals surface area contributed by atoms with E-state index in [9.17, 15) is 0 Å². The largest absolute Gasteiger partial charge is 0.367 e. The van der Waals surface area contributed by atoms with E-state index < -0.39 is 0 Å². The Morgan fingerprint density at radius 1 is 1.00 bits per heavy atom. The van der Waals surface area contributed by atoms with Crippen LogP contribution in [-0.2, 0) is 0 Å². The van der Waals surface area contributed by atoms with Gasteiger partial charge < -0.3 is 10.6 Å². The molecule has 2 heterocycles. The van der Waals surface area contributed by atoms with Crippen molar-refractivity contribution in [3.63, 3.8) is 0 Å². The van der Waals surface area contributed by atoms with Gasteiger partial charge in [0, 0.05) is 29.4 Å². The van der Waals surface area contributed by atoms with Crippen LogP contribution >= 0.6 is 0 Å². The fourth-order valence-corrected chi connectivity index (χ4v) is 3.48. The number of benzene rings is 1. The zero-order valence-electron chi connectivity index (χ0n) is 14.5. The highest BCUT2D eigenvalue weighted by Crippen LogP contribution is 2.25. The lowest BCUT2D eigenvalue weighted by Crippen LogP contribution is -2.23. The Bertz CT molecular complexity index is 866.